The normalized spacial score (nSPS) is 14.1. The van der Waals surface area contributed by atoms with E-state index in [1.807, 2.05) is 12.1 Å². The van der Waals surface area contributed by atoms with E-state index in [1.165, 1.54) is 29.8 Å². The van der Waals surface area contributed by atoms with Crippen LogP contribution >= 0.6 is 0 Å². The quantitative estimate of drug-likeness (QED) is 0.897. The van der Waals surface area contributed by atoms with Crippen LogP contribution in [-0.4, -0.2) is 25.2 Å². The van der Waals surface area contributed by atoms with Gasteiger partial charge in [-0.15, -0.1) is 0 Å². The molecule has 0 saturated carbocycles. The Morgan fingerprint density at radius 2 is 2.15 bits per heavy atom. The van der Waals surface area contributed by atoms with Crippen LogP contribution in [0.4, 0.5) is 5.69 Å². The predicted molar refractivity (Wildman–Crippen MR) is 82.5 cm³/mol. The predicted octanol–water partition coefficient (Wildman–Crippen LogP) is 2.49. The van der Waals surface area contributed by atoms with Crippen molar-refractivity contribution in [3.63, 3.8) is 0 Å². The van der Waals surface area contributed by atoms with E-state index in [0.29, 0.717) is 6.54 Å². The molecule has 0 aliphatic heterocycles. The maximum atomic E-state index is 5.65. The molecule has 0 spiro atoms. The van der Waals surface area contributed by atoms with Gasteiger partial charge in [0.25, 0.3) is 0 Å². The second kappa shape index (κ2) is 5.67. The van der Waals surface area contributed by atoms with Crippen molar-refractivity contribution in [2.24, 2.45) is 5.73 Å². The third kappa shape index (κ3) is 2.31. The highest BCUT2D eigenvalue weighted by atomic mass is 16.5. The first-order valence-corrected chi connectivity index (χ1v) is 7.27. The van der Waals surface area contributed by atoms with E-state index >= 15 is 0 Å². The van der Waals surface area contributed by atoms with Gasteiger partial charge < -0.3 is 15.8 Å². The fourth-order valence-electron chi connectivity index (χ4n) is 2.93. The monoisotopic (exact) mass is 271 g/mol. The molecule has 106 valence electrons. The molecule has 0 amide bonds. The lowest BCUT2D eigenvalue weighted by molar-refractivity contribution is 0.415. The Morgan fingerprint density at radius 3 is 2.95 bits per heavy atom. The molecule has 2 aromatic rings. The highest BCUT2D eigenvalue weighted by Crippen LogP contribution is 2.34. The van der Waals surface area contributed by atoms with Crippen LogP contribution in [0.1, 0.15) is 24.1 Å². The van der Waals surface area contributed by atoms with Crippen LogP contribution in [-0.2, 0) is 12.8 Å². The number of ether oxygens (including phenoxy) is 1. The average Bonchev–Trinajstić information content (AvgIpc) is 2.51. The fraction of sp³-hybridized carbons (Fsp3) is 0.438. The van der Waals surface area contributed by atoms with Crippen molar-refractivity contribution < 1.29 is 4.74 Å². The Bertz CT molecular complexity index is 625. The van der Waals surface area contributed by atoms with Gasteiger partial charge in [-0.1, -0.05) is 0 Å². The van der Waals surface area contributed by atoms with E-state index in [1.54, 1.807) is 7.11 Å². The molecule has 1 heterocycles. The Balaban J connectivity index is 2.20. The molecule has 20 heavy (non-hydrogen) atoms. The van der Waals surface area contributed by atoms with Crippen molar-refractivity contribution in [1.82, 2.24) is 4.98 Å². The molecule has 0 fully saturated rings. The van der Waals surface area contributed by atoms with Crippen LogP contribution in [0.3, 0.4) is 0 Å². The van der Waals surface area contributed by atoms with Crippen molar-refractivity contribution in [1.29, 1.82) is 0 Å². The van der Waals surface area contributed by atoms with Crippen LogP contribution in [0.15, 0.2) is 18.2 Å². The lowest BCUT2D eigenvalue weighted by Gasteiger charge is -2.21. The Morgan fingerprint density at radius 1 is 1.30 bits per heavy atom. The third-order valence-corrected chi connectivity index (χ3v) is 3.92. The standard InChI is InChI=1S/C16H21N3O/c1-20-11-6-7-15-13(10-11)16(18-9-8-17)12-4-2-3-5-14(12)19-15/h6-7,10H,2-5,8-9,17H2,1H3,(H,18,19). The fourth-order valence-corrected chi connectivity index (χ4v) is 2.93. The molecule has 3 N–H and O–H groups in total. The number of benzene rings is 1. The van der Waals surface area contributed by atoms with Gasteiger partial charge in [-0.3, -0.25) is 4.98 Å². The molecule has 0 bridgehead atoms. The van der Waals surface area contributed by atoms with Gasteiger partial charge in [0.15, 0.2) is 0 Å². The SMILES string of the molecule is COc1ccc2nc3c(c(NCCN)c2c1)CCCC3. The number of hydrogen-bond donors (Lipinski definition) is 2. The highest BCUT2D eigenvalue weighted by Gasteiger charge is 2.18. The summed E-state index contributed by atoms with van der Waals surface area (Å²) in [5.41, 5.74) is 10.5. The van der Waals surface area contributed by atoms with Crippen LogP contribution in [0, 0.1) is 0 Å². The highest BCUT2D eigenvalue weighted by molar-refractivity contribution is 5.94. The first kappa shape index (κ1) is 13.2. The Kier molecular flexibility index (Phi) is 3.74. The molecule has 0 radical (unpaired) electrons. The van der Waals surface area contributed by atoms with Crippen LogP contribution < -0.4 is 15.8 Å². The topological polar surface area (TPSA) is 60.2 Å². The van der Waals surface area contributed by atoms with Crippen molar-refractivity contribution in [2.75, 3.05) is 25.5 Å². The van der Waals surface area contributed by atoms with Crippen LogP contribution in [0.5, 0.6) is 5.75 Å². The second-order valence-electron chi connectivity index (χ2n) is 5.22. The first-order valence-electron chi connectivity index (χ1n) is 7.27. The van der Waals surface area contributed by atoms with Gasteiger partial charge in [-0.25, -0.2) is 0 Å². The lowest BCUT2D eigenvalue weighted by Crippen LogP contribution is -2.17. The lowest BCUT2D eigenvalue weighted by atomic mass is 9.92. The number of methoxy groups -OCH3 is 1. The van der Waals surface area contributed by atoms with E-state index in [4.69, 9.17) is 15.5 Å². The summed E-state index contributed by atoms with van der Waals surface area (Å²) in [6.45, 7) is 1.41. The summed E-state index contributed by atoms with van der Waals surface area (Å²) in [6.07, 6.45) is 4.65. The number of nitrogens with two attached hydrogens (primary N) is 1. The summed E-state index contributed by atoms with van der Waals surface area (Å²) in [5.74, 6) is 0.867. The van der Waals surface area contributed by atoms with E-state index in [0.717, 1.165) is 36.0 Å². The summed E-state index contributed by atoms with van der Waals surface area (Å²) in [5, 5.41) is 4.63. The van der Waals surface area contributed by atoms with E-state index in [-0.39, 0.29) is 0 Å². The van der Waals surface area contributed by atoms with E-state index in [2.05, 4.69) is 11.4 Å². The smallest absolute Gasteiger partial charge is 0.119 e. The maximum absolute atomic E-state index is 5.65. The number of nitrogens with one attached hydrogen (secondary N) is 1. The van der Waals surface area contributed by atoms with Crippen molar-refractivity contribution in [3.05, 3.63) is 29.5 Å². The number of fused-ring (bicyclic) bond motifs is 2. The summed E-state index contributed by atoms with van der Waals surface area (Å²) >= 11 is 0. The molecule has 0 atom stereocenters. The van der Waals surface area contributed by atoms with Gasteiger partial charge in [0.05, 0.1) is 12.6 Å². The number of nitrogens with zero attached hydrogens (tertiary/aromatic N) is 1. The molecule has 1 aliphatic rings. The number of aromatic nitrogens is 1. The molecule has 4 heteroatoms. The van der Waals surface area contributed by atoms with Crippen molar-refractivity contribution in [3.8, 4) is 5.75 Å². The molecule has 0 saturated heterocycles. The molecular formula is C16H21N3O. The van der Waals surface area contributed by atoms with Crippen LogP contribution in [0.2, 0.25) is 0 Å². The molecule has 1 aromatic carbocycles. The summed E-state index contributed by atoms with van der Waals surface area (Å²) in [7, 11) is 1.69. The first-order chi connectivity index (χ1) is 9.83. The van der Waals surface area contributed by atoms with Gasteiger partial charge in [-0.05, 0) is 49.4 Å². The molecule has 3 rings (SSSR count). The molecule has 0 unspecified atom stereocenters. The molecule has 1 aliphatic carbocycles. The molecular weight excluding hydrogens is 250 g/mol. The maximum Gasteiger partial charge on any atom is 0.119 e. The minimum absolute atomic E-state index is 0.628. The molecule has 1 aromatic heterocycles. The number of pyridine rings is 1. The van der Waals surface area contributed by atoms with Gasteiger partial charge in [0.1, 0.15) is 5.75 Å². The van der Waals surface area contributed by atoms with Crippen molar-refractivity contribution >= 4 is 16.6 Å². The number of aryl methyl sites for hydroxylation is 1. The number of anilines is 1. The number of rotatable bonds is 4. The zero-order chi connectivity index (χ0) is 13.9. The number of hydrogen-bond acceptors (Lipinski definition) is 4. The van der Waals surface area contributed by atoms with E-state index < -0.39 is 0 Å². The van der Waals surface area contributed by atoms with E-state index in [9.17, 15) is 0 Å². The van der Waals surface area contributed by atoms with Gasteiger partial charge >= 0.3 is 0 Å². The minimum Gasteiger partial charge on any atom is -0.497 e. The Hall–Kier alpha value is -1.81. The zero-order valence-corrected chi connectivity index (χ0v) is 11.9. The Labute approximate surface area is 119 Å². The molecule has 4 nitrogen and oxygen atoms in total. The van der Waals surface area contributed by atoms with Crippen molar-refractivity contribution in [2.45, 2.75) is 25.7 Å². The second-order valence-corrected chi connectivity index (χ2v) is 5.22. The van der Waals surface area contributed by atoms with Crippen LogP contribution in [0.25, 0.3) is 10.9 Å². The third-order valence-electron chi connectivity index (χ3n) is 3.92. The zero-order valence-electron chi connectivity index (χ0n) is 11.9. The van der Waals surface area contributed by atoms with Gasteiger partial charge in [0.2, 0.25) is 0 Å². The summed E-state index contributed by atoms with van der Waals surface area (Å²) < 4.78 is 5.35. The van der Waals surface area contributed by atoms with Gasteiger partial charge in [-0.2, -0.15) is 0 Å². The summed E-state index contributed by atoms with van der Waals surface area (Å²) in [4.78, 5) is 4.83. The largest absolute Gasteiger partial charge is 0.497 e. The average molecular weight is 271 g/mol. The van der Waals surface area contributed by atoms with Gasteiger partial charge in [0, 0.05) is 29.9 Å². The summed E-state index contributed by atoms with van der Waals surface area (Å²) in [6, 6.07) is 6.07. The minimum atomic E-state index is 0.628.